The first-order valence-corrected chi connectivity index (χ1v) is 10.3. The van der Waals surface area contributed by atoms with Crippen molar-refractivity contribution in [3.8, 4) is 0 Å². The van der Waals surface area contributed by atoms with E-state index in [0.29, 0.717) is 29.8 Å². The number of hydrogen-bond acceptors (Lipinski definition) is 4. The van der Waals surface area contributed by atoms with Gasteiger partial charge in [-0.15, -0.1) is 0 Å². The average molecular weight is 393 g/mol. The van der Waals surface area contributed by atoms with Gasteiger partial charge in [-0.05, 0) is 25.0 Å². The molecule has 1 saturated carbocycles. The van der Waals surface area contributed by atoms with Crippen molar-refractivity contribution in [2.75, 3.05) is 44.6 Å². The largest absolute Gasteiger partial charge is 0.352 e. The number of nitrogens with zero attached hydrogens (tertiary/aromatic N) is 2. The summed E-state index contributed by atoms with van der Waals surface area (Å²) >= 11 is 6.08. The van der Waals surface area contributed by atoms with Gasteiger partial charge in [-0.25, -0.2) is 0 Å². The number of para-hydroxylation sites is 1. The van der Waals surface area contributed by atoms with Gasteiger partial charge < -0.3 is 10.6 Å². The van der Waals surface area contributed by atoms with Crippen LogP contribution in [-0.4, -0.2) is 66.9 Å². The average Bonchev–Trinajstić information content (AvgIpc) is 2.66. The number of nitrogens with one attached hydrogen (secondary N) is 2. The van der Waals surface area contributed by atoms with Crippen LogP contribution in [0.1, 0.15) is 32.1 Å². The van der Waals surface area contributed by atoms with Crippen LogP contribution >= 0.6 is 11.6 Å². The van der Waals surface area contributed by atoms with Gasteiger partial charge >= 0.3 is 0 Å². The summed E-state index contributed by atoms with van der Waals surface area (Å²) in [6.45, 7) is 3.97. The molecule has 1 aliphatic carbocycles. The van der Waals surface area contributed by atoms with Crippen molar-refractivity contribution in [3.63, 3.8) is 0 Å². The molecule has 2 amide bonds. The van der Waals surface area contributed by atoms with E-state index in [9.17, 15) is 9.59 Å². The molecule has 1 aromatic carbocycles. The highest BCUT2D eigenvalue weighted by atomic mass is 35.5. The summed E-state index contributed by atoms with van der Waals surface area (Å²) in [6, 6.07) is 7.60. The molecule has 2 fully saturated rings. The second-order valence-electron chi connectivity index (χ2n) is 7.48. The molecular weight excluding hydrogens is 364 g/mol. The van der Waals surface area contributed by atoms with Gasteiger partial charge in [-0.3, -0.25) is 19.4 Å². The van der Waals surface area contributed by atoms with Crippen LogP contribution in [0.15, 0.2) is 24.3 Å². The lowest BCUT2D eigenvalue weighted by Crippen LogP contribution is -2.51. The van der Waals surface area contributed by atoms with Gasteiger partial charge in [-0.2, -0.15) is 0 Å². The lowest BCUT2D eigenvalue weighted by Gasteiger charge is -2.34. The predicted molar refractivity (Wildman–Crippen MR) is 108 cm³/mol. The highest BCUT2D eigenvalue weighted by Crippen LogP contribution is 2.20. The Hall–Kier alpha value is -1.63. The molecule has 0 spiro atoms. The monoisotopic (exact) mass is 392 g/mol. The molecule has 1 heterocycles. The third kappa shape index (κ3) is 6.48. The first-order chi connectivity index (χ1) is 13.1. The van der Waals surface area contributed by atoms with Crippen molar-refractivity contribution in [1.29, 1.82) is 0 Å². The summed E-state index contributed by atoms with van der Waals surface area (Å²) in [7, 11) is 0. The van der Waals surface area contributed by atoms with E-state index in [1.807, 2.05) is 12.1 Å². The highest BCUT2D eigenvalue weighted by Gasteiger charge is 2.22. The fraction of sp³-hybridized carbons (Fsp3) is 0.600. The molecule has 3 rings (SSSR count). The third-order valence-electron chi connectivity index (χ3n) is 5.32. The van der Waals surface area contributed by atoms with Gasteiger partial charge in [0.1, 0.15) is 0 Å². The Kier molecular flexibility index (Phi) is 7.50. The minimum atomic E-state index is -0.0633. The number of piperazine rings is 1. The van der Waals surface area contributed by atoms with E-state index in [1.54, 1.807) is 12.1 Å². The maximum atomic E-state index is 12.2. The van der Waals surface area contributed by atoms with Gasteiger partial charge in [0.25, 0.3) is 0 Å². The molecule has 1 saturated heterocycles. The SMILES string of the molecule is O=C(CN1CCN(CC(=O)NC2CCCCC2)CC1)Nc1ccccc1Cl. The minimum Gasteiger partial charge on any atom is -0.352 e. The first kappa shape index (κ1) is 20.1. The van der Waals surface area contributed by atoms with Gasteiger partial charge in [0, 0.05) is 32.2 Å². The van der Waals surface area contributed by atoms with Crippen LogP contribution in [0.5, 0.6) is 0 Å². The summed E-state index contributed by atoms with van der Waals surface area (Å²) < 4.78 is 0. The van der Waals surface area contributed by atoms with Gasteiger partial charge in [0.15, 0.2) is 0 Å². The normalized spacial score (nSPS) is 19.6. The second-order valence-corrected chi connectivity index (χ2v) is 7.89. The van der Waals surface area contributed by atoms with Crippen LogP contribution in [0, 0.1) is 0 Å². The number of hydrogen-bond donors (Lipinski definition) is 2. The van der Waals surface area contributed by atoms with Crippen LogP contribution in [0.2, 0.25) is 5.02 Å². The molecule has 2 N–H and O–H groups in total. The number of carbonyl (C=O) groups excluding carboxylic acids is 2. The Morgan fingerprint density at radius 3 is 2.15 bits per heavy atom. The number of amides is 2. The zero-order valence-electron chi connectivity index (χ0n) is 15.8. The zero-order chi connectivity index (χ0) is 19.1. The van der Waals surface area contributed by atoms with Crippen LogP contribution in [-0.2, 0) is 9.59 Å². The smallest absolute Gasteiger partial charge is 0.238 e. The van der Waals surface area contributed by atoms with Gasteiger partial charge in [0.2, 0.25) is 11.8 Å². The van der Waals surface area contributed by atoms with Crippen LogP contribution < -0.4 is 10.6 Å². The summed E-state index contributed by atoms with van der Waals surface area (Å²) in [5, 5.41) is 6.57. The fourth-order valence-corrected chi connectivity index (χ4v) is 3.97. The van der Waals surface area contributed by atoms with Crippen molar-refractivity contribution in [1.82, 2.24) is 15.1 Å². The Labute approximate surface area is 166 Å². The fourth-order valence-electron chi connectivity index (χ4n) is 3.78. The van der Waals surface area contributed by atoms with Crippen molar-refractivity contribution in [2.24, 2.45) is 0 Å². The van der Waals surface area contributed by atoms with Crippen molar-refractivity contribution < 1.29 is 9.59 Å². The standard InChI is InChI=1S/C20H29ClN4O2/c21-17-8-4-5-9-18(17)23-20(27)15-25-12-10-24(11-13-25)14-19(26)22-16-6-2-1-3-7-16/h4-5,8-9,16H,1-3,6-7,10-15H2,(H,22,26)(H,23,27). The van der Waals surface area contributed by atoms with Gasteiger partial charge in [-0.1, -0.05) is 43.0 Å². The van der Waals surface area contributed by atoms with Crippen molar-refractivity contribution >= 4 is 29.1 Å². The van der Waals surface area contributed by atoms with Crippen LogP contribution in [0.3, 0.4) is 0 Å². The van der Waals surface area contributed by atoms with Crippen molar-refractivity contribution in [3.05, 3.63) is 29.3 Å². The molecule has 0 aromatic heterocycles. The molecule has 0 atom stereocenters. The molecule has 0 radical (unpaired) electrons. The quantitative estimate of drug-likeness (QED) is 0.780. The van der Waals surface area contributed by atoms with E-state index in [-0.39, 0.29) is 11.8 Å². The maximum Gasteiger partial charge on any atom is 0.238 e. The zero-order valence-corrected chi connectivity index (χ0v) is 16.5. The summed E-state index contributed by atoms with van der Waals surface area (Å²) in [5.41, 5.74) is 0.641. The Morgan fingerprint density at radius 1 is 0.926 bits per heavy atom. The molecule has 1 aromatic rings. The van der Waals surface area contributed by atoms with Gasteiger partial charge in [0.05, 0.1) is 23.8 Å². The van der Waals surface area contributed by atoms with Crippen LogP contribution in [0.25, 0.3) is 0 Å². The highest BCUT2D eigenvalue weighted by molar-refractivity contribution is 6.33. The molecule has 7 heteroatoms. The van der Waals surface area contributed by atoms with Crippen LogP contribution in [0.4, 0.5) is 5.69 Å². The van der Waals surface area contributed by atoms with E-state index in [0.717, 1.165) is 39.0 Å². The molecule has 0 unspecified atom stereocenters. The number of anilines is 1. The number of carbonyl (C=O) groups is 2. The summed E-state index contributed by atoms with van der Waals surface area (Å²) in [5.74, 6) is 0.0680. The molecule has 6 nitrogen and oxygen atoms in total. The van der Waals surface area contributed by atoms with E-state index >= 15 is 0 Å². The maximum absolute atomic E-state index is 12.2. The molecular formula is C20H29ClN4O2. The Bertz CT molecular complexity index is 641. The molecule has 148 valence electrons. The summed E-state index contributed by atoms with van der Waals surface area (Å²) in [6.07, 6.45) is 5.96. The first-order valence-electron chi connectivity index (χ1n) is 9.88. The lowest BCUT2D eigenvalue weighted by molar-refractivity contribution is -0.124. The number of rotatable bonds is 6. The summed E-state index contributed by atoms with van der Waals surface area (Å²) in [4.78, 5) is 28.7. The number of halogens is 1. The molecule has 1 aliphatic heterocycles. The van der Waals surface area contributed by atoms with E-state index in [2.05, 4.69) is 20.4 Å². The van der Waals surface area contributed by atoms with E-state index in [4.69, 9.17) is 11.6 Å². The Balaban J connectivity index is 1.35. The lowest BCUT2D eigenvalue weighted by atomic mass is 9.95. The topological polar surface area (TPSA) is 64.7 Å². The van der Waals surface area contributed by atoms with E-state index < -0.39 is 0 Å². The third-order valence-corrected chi connectivity index (χ3v) is 5.65. The molecule has 2 aliphatic rings. The Morgan fingerprint density at radius 2 is 1.52 bits per heavy atom. The second kappa shape index (κ2) is 10.1. The van der Waals surface area contributed by atoms with Crippen molar-refractivity contribution in [2.45, 2.75) is 38.1 Å². The predicted octanol–water partition coefficient (Wildman–Crippen LogP) is 2.35. The molecule has 0 bridgehead atoms. The molecule has 27 heavy (non-hydrogen) atoms. The minimum absolute atomic E-state index is 0.0633. The van der Waals surface area contributed by atoms with E-state index in [1.165, 1.54) is 19.3 Å². The number of benzene rings is 1.